The first-order valence-corrected chi connectivity index (χ1v) is 10.2. The van der Waals surface area contributed by atoms with E-state index in [-0.39, 0.29) is 5.60 Å². The Morgan fingerprint density at radius 2 is 2.10 bits per heavy atom. The minimum Gasteiger partial charge on any atom is -0.416 e. The first-order valence-electron chi connectivity index (χ1n) is 4.12. The normalized spacial score (nSPS) is 39.9. The SMILES string of the molecule is CC1(C)CCC[Si](C)([SiH3])O1. The van der Waals surface area contributed by atoms with Crippen LogP contribution < -0.4 is 0 Å². The summed E-state index contributed by atoms with van der Waals surface area (Å²) in [5.74, 6) is 0. The molecule has 1 aliphatic heterocycles. The summed E-state index contributed by atoms with van der Waals surface area (Å²) >= 11 is 0. The van der Waals surface area contributed by atoms with Gasteiger partial charge in [-0.3, -0.25) is 0 Å². The van der Waals surface area contributed by atoms with Crippen LogP contribution in [0.25, 0.3) is 0 Å². The monoisotopic (exact) mass is 174 g/mol. The summed E-state index contributed by atoms with van der Waals surface area (Å²) in [6, 6.07) is 1.41. The number of hydrogen-bond donors (Lipinski definition) is 0. The highest BCUT2D eigenvalue weighted by Gasteiger charge is 2.34. The lowest BCUT2D eigenvalue weighted by molar-refractivity contribution is 0.0776. The molecule has 0 aromatic carbocycles. The highest BCUT2D eigenvalue weighted by Crippen LogP contribution is 2.30. The fraction of sp³-hybridized carbons (Fsp3) is 1.00. The molecule has 0 spiro atoms. The molecule has 0 aromatic rings. The molecule has 1 fully saturated rings. The maximum Gasteiger partial charge on any atom is 0.166 e. The molecule has 0 aliphatic carbocycles. The van der Waals surface area contributed by atoms with Gasteiger partial charge in [-0.15, -0.1) is 0 Å². The molecule has 0 bridgehead atoms. The van der Waals surface area contributed by atoms with E-state index < -0.39 is 7.83 Å². The smallest absolute Gasteiger partial charge is 0.166 e. The summed E-state index contributed by atoms with van der Waals surface area (Å²) < 4.78 is 6.06. The van der Waals surface area contributed by atoms with E-state index >= 15 is 0 Å². The van der Waals surface area contributed by atoms with Crippen molar-refractivity contribution in [2.24, 2.45) is 0 Å². The van der Waals surface area contributed by atoms with Crippen molar-refractivity contribution in [1.29, 1.82) is 0 Å². The van der Waals surface area contributed by atoms with Gasteiger partial charge in [-0.2, -0.15) is 0 Å². The second-order valence-electron chi connectivity index (χ2n) is 4.48. The van der Waals surface area contributed by atoms with Gasteiger partial charge in [0.05, 0.1) is 5.60 Å². The minimum absolute atomic E-state index is 0.209. The van der Waals surface area contributed by atoms with Crippen LogP contribution in [-0.2, 0) is 4.43 Å². The van der Waals surface area contributed by atoms with Gasteiger partial charge in [0.25, 0.3) is 0 Å². The van der Waals surface area contributed by atoms with E-state index in [2.05, 4.69) is 20.4 Å². The van der Waals surface area contributed by atoms with E-state index in [1.165, 1.54) is 28.6 Å². The van der Waals surface area contributed by atoms with Gasteiger partial charge in [0, 0.05) is 9.76 Å². The fourth-order valence-electron chi connectivity index (χ4n) is 1.79. The van der Waals surface area contributed by atoms with Crippen molar-refractivity contribution in [3.63, 3.8) is 0 Å². The first-order chi connectivity index (χ1) is 4.41. The van der Waals surface area contributed by atoms with Gasteiger partial charge in [0.2, 0.25) is 0 Å². The molecule has 1 unspecified atom stereocenters. The summed E-state index contributed by atoms with van der Waals surface area (Å²) in [4.78, 5) is 0. The largest absolute Gasteiger partial charge is 0.416 e. The molecule has 60 valence electrons. The molecule has 1 aliphatic rings. The molecular formula is C7H18OSi2. The van der Waals surface area contributed by atoms with E-state index in [1.54, 1.807) is 0 Å². The Morgan fingerprint density at radius 1 is 1.50 bits per heavy atom. The van der Waals surface area contributed by atoms with E-state index in [0.717, 1.165) is 0 Å². The van der Waals surface area contributed by atoms with Crippen molar-refractivity contribution in [2.45, 2.75) is 44.9 Å². The molecule has 10 heavy (non-hydrogen) atoms. The predicted molar refractivity (Wildman–Crippen MR) is 50.8 cm³/mol. The first kappa shape index (κ1) is 8.49. The zero-order valence-corrected chi connectivity index (χ0v) is 10.5. The van der Waals surface area contributed by atoms with Crippen molar-refractivity contribution in [1.82, 2.24) is 0 Å². The molecule has 1 heterocycles. The Labute approximate surface area is 67.5 Å². The van der Waals surface area contributed by atoms with Crippen LogP contribution in [0.4, 0.5) is 0 Å². The quantitative estimate of drug-likeness (QED) is 0.498. The molecule has 1 atom stereocenters. The standard InChI is InChI=1S/C7H18OSi2/c1-7(2)5-4-6-10(3,9)8-7/h4-6H2,1-3,9H3. The molecule has 0 N–H and O–H groups in total. The van der Waals surface area contributed by atoms with E-state index in [0.29, 0.717) is 0 Å². The molecule has 3 heteroatoms. The second kappa shape index (κ2) is 2.46. The lowest BCUT2D eigenvalue weighted by Gasteiger charge is -2.40. The summed E-state index contributed by atoms with van der Waals surface area (Å²) in [5, 5.41) is 0. The van der Waals surface area contributed by atoms with Gasteiger partial charge in [0.15, 0.2) is 7.83 Å². The Morgan fingerprint density at radius 3 is 2.40 bits per heavy atom. The molecule has 0 amide bonds. The summed E-state index contributed by atoms with van der Waals surface area (Å²) in [7, 11) is 0.211. The van der Waals surface area contributed by atoms with Crippen LogP contribution >= 0.6 is 0 Å². The fourth-order valence-corrected chi connectivity index (χ4v) is 7.24. The number of hydrogen-bond acceptors (Lipinski definition) is 1. The topological polar surface area (TPSA) is 9.23 Å². The van der Waals surface area contributed by atoms with Gasteiger partial charge in [-0.25, -0.2) is 0 Å². The highest BCUT2D eigenvalue weighted by atomic mass is 29.2. The zero-order chi connectivity index (χ0) is 7.83. The molecular weight excluding hydrogens is 156 g/mol. The second-order valence-corrected chi connectivity index (χ2v) is 15.0. The molecule has 0 radical (unpaired) electrons. The van der Waals surface area contributed by atoms with Crippen LogP contribution in [0.5, 0.6) is 0 Å². The average Bonchev–Trinajstić information content (AvgIpc) is 1.56. The lowest BCUT2D eigenvalue weighted by atomic mass is 10.0. The average molecular weight is 174 g/mol. The number of rotatable bonds is 0. The van der Waals surface area contributed by atoms with Crippen LogP contribution in [0.1, 0.15) is 26.7 Å². The van der Waals surface area contributed by atoms with Crippen molar-refractivity contribution < 1.29 is 4.43 Å². The van der Waals surface area contributed by atoms with Crippen LogP contribution in [0.15, 0.2) is 0 Å². The minimum atomic E-state index is -1.09. The maximum absolute atomic E-state index is 6.06. The summed E-state index contributed by atoms with van der Waals surface area (Å²) in [6.07, 6.45) is 2.66. The molecule has 0 aromatic heterocycles. The van der Waals surface area contributed by atoms with Gasteiger partial charge >= 0.3 is 0 Å². The summed E-state index contributed by atoms with van der Waals surface area (Å²) in [5.41, 5.74) is 0.209. The van der Waals surface area contributed by atoms with Crippen LogP contribution in [-0.4, -0.2) is 23.2 Å². The molecule has 1 nitrogen and oxygen atoms in total. The van der Waals surface area contributed by atoms with E-state index in [1.807, 2.05) is 0 Å². The van der Waals surface area contributed by atoms with Crippen molar-refractivity contribution in [3.05, 3.63) is 0 Å². The van der Waals surface area contributed by atoms with Crippen molar-refractivity contribution in [3.8, 4) is 0 Å². The third-order valence-electron chi connectivity index (χ3n) is 2.11. The van der Waals surface area contributed by atoms with Crippen LogP contribution in [0.3, 0.4) is 0 Å². The van der Waals surface area contributed by atoms with E-state index in [4.69, 9.17) is 4.43 Å². The van der Waals surface area contributed by atoms with Gasteiger partial charge in [-0.05, 0) is 32.9 Å². The third kappa shape index (κ3) is 2.21. The van der Waals surface area contributed by atoms with Gasteiger partial charge in [0.1, 0.15) is 0 Å². The third-order valence-corrected chi connectivity index (χ3v) is 6.89. The van der Waals surface area contributed by atoms with Gasteiger partial charge < -0.3 is 4.43 Å². The highest BCUT2D eigenvalue weighted by molar-refractivity contribution is 7.12. The lowest BCUT2D eigenvalue weighted by Crippen LogP contribution is -2.47. The Hall–Kier alpha value is 0.394. The molecule has 0 saturated carbocycles. The van der Waals surface area contributed by atoms with Crippen molar-refractivity contribution >= 4 is 17.6 Å². The predicted octanol–water partition coefficient (Wildman–Crippen LogP) is 1.01. The van der Waals surface area contributed by atoms with Crippen LogP contribution in [0, 0.1) is 0 Å². The zero-order valence-electron chi connectivity index (χ0n) is 7.53. The molecule has 1 saturated heterocycles. The Kier molecular flexibility index (Phi) is 2.09. The van der Waals surface area contributed by atoms with Crippen LogP contribution in [0.2, 0.25) is 12.6 Å². The summed E-state index contributed by atoms with van der Waals surface area (Å²) in [6.45, 7) is 6.84. The van der Waals surface area contributed by atoms with E-state index in [9.17, 15) is 0 Å². The van der Waals surface area contributed by atoms with Gasteiger partial charge in [-0.1, -0.05) is 6.42 Å². The molecule has 1 rings (SSSR count). The maximum atomic E-state index is 6.06. The Balaban J connectivity index is 2.56. The van der Waals surface area contributed by atoms with Crippen molar-refractivity contribution in [2.75, 3.05) is 0 Å². The Bertz CT molecular complexity index is 118.